The molecule has 0 atom stereocenters. The molecule has 6 heteroatoms. The number of hydrogen-bond donors (Lipinski definition) is 2. The Balaban J connectivity index is 1.96. The Bertz CT molecular complexity index is 727. The van der Waals surface area contributed by atoms with Crippen molar-refractivity contribution < 1.29 is 24.2 Å². The first-order valence-electron chi connectivity index (χ1n) is 6.91. The highest BCUT2D eigenvalue weighted by atomic mass is 16.5. The van der Waals surface area contributed by atoms with Gasteiger partial charge in [0.2, 0.25) is 0 Å². The first-order chi connectivity index (χ1) is 11.0. The number of esters is 1. The Kier molecular flexibility index (Phi) is 5.19. The summed E-state index contributed by atoms with van der Waals surface area (Å²) in [6.07, 6.45) is 0. The fourth-order valence-corrected chi connectivity index (χ4v) is 1.91. The summed E-state index contributed by atoms with van der Waals surface area (Å²) in [4.78, 5) is 23.8. The summed E-state index contributed by atoms with van der Waals surface area (Å²) in [6.45, 7) is 1.40. The molecule has 0 aliphatic rings. The quantitative estimate of drug-likeness (QED) is 0.828. The van der Waals surface area contributed by atoms with E-state index in [-0.39, 0.29) is 11.3 Å². The van der Waals surface area contributed by atoms with Gasteiger partial charge in [0.25, 0.3) is 5.91 Å². The molecule has 2 N–H and O–H groups in total. The number of benzene rings is 2. The van der Waals surface area contributed by atoms with Gasteiger partial charge < -0.3 is 19.9 Å². The molecule has 23 heavy (non-hydrogen) atoms. The lowest BCUT2D eigenvalue weighted by molar-refractivity contribution is -0.119. The van der Waals surface area contributed by atoms with Crippen LogP contribution in [-0.4, -0.2) is 30.7 Å². The first-order valence-corrected chi connectivity index (χ1v) is 6.91. The summed E-state index contributed by atoms with van der Waals surface area (Å²) in [6, 6.07) is 11.4. The van der Waals surface area contributed by atoms with E-state index in [2.05, 4.69) is 5.32 Å². The molecule has 1 amide bonds. The van der Waals surface area contributed by atoms with Crippen LogP contribution in [0, 0.1) is 6.92 Å². The van der Waals surface area contributed by atoms with Crippen LogP contribution in [0.15, 0.2) is 42.5 Å². The Morgan fingerprint density at radius 3 is 2.61 bits per heavy atom. The predicted octanol–water partition coefficient (Wildman–Crippen LogP) is 2.50. The maximum Gasteiger partial charge on any atom is 0.342 e. The van der Waals surface area contributed by atoms with Gasteiger partial charge in [-0.2, -0.15) is 0 Å². The van der Waals surface area contributed by atoms with Crippen LogP contribution in [0.2, 0.25) is 0 Å². The molecule has 0 aliphatic carbocycles. The zero-order chi connectivity index (χ0) is 16.8. The van der Waals surface area contributed by atoms with Crippen molar-refractivity contribution in [1.82, 2.24) is 0 Å². The number of amides is 1. The fourth-order valence-electron chi connectivity index (χ4n) is 1.91. The summed E-state index contributed by atoms with van der Waals surface area (Å²) < 4.78 is 9.90. The SMILES string of the molecule is COc1ccc(O)c(C(=O)OCC(=O)Nc2ccccc2C)c1. The molecule has 0 aromatic heterocycles. The molecular weight excluding hydrogens is 298 g/mol. The van der Waals surface area contributed by atoms with Crippen molar-refractivity contribution in [3.8, 4) is 11.5 Å². The number of ether oxygens (including phenoxy) is 2. The summed E-state index contributed by atoms with van der Waals surface area (Å²) >= 11 is 0. The molecule has 6 nitrogen and oxygen atoms in total. The number of phenols is 1. The van der Waals surface area contributed by atoms with Gasteiger partial charge in [0, 0.05) is 5.69 Å². The first kappa shape index (κ1) is 16.4. The van der Waals surface area contributed by atoms with Crippen molar-refractivity contribution in [3.05, 3.63) is 53.6 Å². The third-order valence-corrected chi connectivity index (χ3v) is 3.18. The summed E-state index contributed by atoms with van der Waals surface area (Å²) in [7, 11) is 1.44. The molecule has 0 unspecified atom stereocenters. The Morgan fingerprint density at radius 2 is 1.91 bits per heavy atom. The lowest BCUT2D eigenvalue weighted by Gasteiger charge is -2.10. The number of rotatable bonds is 5. The standard InChI is InChI=1S/C17H17NO5/c1-11-5-3-4-6-14(11)18-16(20)10-23-17(21)13-9-12(22-2)7-8-15(13)19/h3-9,19H,10H2,1-2H3,(H,18,20). The van der Waals surface area contributed by atoms with Gasteiger partial charge in [0.1, 0.15) is 17.1 Å². The average Bonchev–Trinajstić information content (AvgIpc) is 2.55. The Labute approximate surface area is 133 Å². The number of anilines is 1. The largest absolute Gasteiger partial charge is 0.507 e. The van der Waals surface area contributed by atoms with Gasteiger partial charge in [-0.25, -0.2) is 4.79 Å². The molecule has 0 aliphatic heterocycles. The van der Waals surface area contributed by atoms with Crippen LogP contribution in [0.5, 0.6) is 11.5 Å². The Morgan fingerprint density at radius 1 is 1.17 bits per heavy atom. The van der Waals surface area contributed by atoms with Crippen molar-refractivity contribution in [2.24, 2.45) is 0 Å². The molecule has 0 bridgehead atoms. The molecule has 120 valence electrons. The molecule has 2 aromatic carbocycles. The zero-order valence-corrected chi connectivity index (χ0v) is 12.8. The van der Waals surface area contributed by atoms with Crippen molar-refractivity contribution >= 4 is 17.6 Å². The molecule has 2 aromatic rings. The minimum atomic E-state index is -0.804. The topological polar surface area (TPSA) is 84.9 Å². The van der Waals surface area contributed by atoms with Crippen molar-refractivity contribution in [1.29, 1.82) is 0 Å². The van der Waals surface area contributed by atoms with E-state index < -0.39 is 18.5 Å². The van der Waals surface area contributed by atoms with Gasteiger partial charge in [-0.15, -0.1) is 0 Å². The highest BCUT2D eigenvalue weighted by Gasteiger charge is 2.16. The van der Waals surface area contributed by atoms with Crippen LogP contribution in [0.1, 0.15) is 15.9 Å². The lowest BCUT2D eigenvalue weighted by Crippen LogP contribution is -2.21. The molecule has 0 heterocycles. The van der Waals surface area contributed by atoms with Crippen molar-refractivity contribution in [2.45, 2.75) is 6.92 Å². The zero-order valence-electron chi connectivity index (χ0n) is 12.8. The van der Waals surface area contributed by atoms with Crippen LogP contribution in [-0.2, 0) is 9.53 Å². The molecule has 0 fully saturated rings. The molecule has 0 radical (unpaired) electrons. The maximum absolute atomic E-state index is 11.9. The number of aromatic hydroxyl groups is 1. The van der Waals surface area contributed by atoms with Gasteiger partial charge in [0.15, 0.2) is 6.61 Å². The highest BCUT2D eigenvalue weighted by Crippen LogP contribution is 2.23. The summed E-state index contributed by atoms with van der Waals surface area (Å²) in [5.41, 5.74) is 1.49. The maximum atomic E-state index is 11.9. The van der Waals surface area contributed by atoms with E-state index >= 15 is 0 Å². The van der Waals surface area contributed by atoms with Gasteiger partial charge >= 0.3 is 5.97 Å². The number of nitrogens with one attached hydrogen (secondary N) is 1. The van der Waals surface area contributed by atoms with E-state index in [1.807, 2.05) is 19.1 Å². The number of para-hydroxylation sites is 1. The second-order valence-electron chi connectivity index (χ2n) is 4.82. The van der Waals surface area contributed by atoms with Crippen molar-refractivity contribution in [3.63, 3.8) is 0 Å². The molecule has 2 rings (SSSR count). The number of carbonyl (C=O) groups is 2. The fraction of sp³-hybridized carbons (Fsp3) is 0.176. The minimum absolute atomic E-state index is 0.0620. The normalized spacial score (nSPS) is 10.0. The van der Waals surface area contributed by atoms with E-state index in [0.29, 0.717) is 11.4 Å². The van der Waals surface area contributed by atoms with Gasteiger partial charge in [-0.05, 0) is 36.8 Å². The Hall–Kier alpha value is -3.02. The van der Waals surface area contributed by atoms with Gasteiger partial charge in [-0.1, -0.05) is 18.2 Å². The third kappa shape index (κ3) is 4.23. The van der Waals surface area contributed by atoms with Crippen molar-refractivity contribution in [2.75, 3.05) is 19.0 Å². The predicted molar refractivity (Wildman–Crippen MR) is 84.8 cm³/mol. The highest BCUT2D eigenvalue weighted by molar-refractivity contribution is 5.97. The number of phenolic OH excluding ortho intramolecular Hbond substituents is 1. The van der Waals surface area contributed by atoms with Gasteiger partial charge in [-0.3, -0.25) is 4.79 Å². The number of hydrogen-bond acceptors (Lipinski definition) is 5. The lowest BCUT2D eigenvalue weighted by atomic mass is 10.2. The number of methoxy groups -OCH3 is 1. The van der Waals surface area contributed by atoms with Crippen LogP contribution in [0.25, 0.3) is 0 Å². The van der Waals surface area contributed by atoms with Gasteiger partial charge in [0.05, 0.1) is 7.11 Å². The summed E-state index contributed by atoms with van der Waals surface area (Å²) in [5, 5.41) is 12.3. The smallest absolute Gasteiger partial charge is 0.342 e. The number of aryl methyl sites for hydroxylation is 1. The van der Waals surface area contributed by atoms with Crippen LogP contribution in [0.3, 0.4) is 0 Å². The molecule has 0 saturated carbocycles. The average molecular weight is 315 g/mol. The number of carbonyl (C=O) groups excluding carboxylic acids is 2. The second-order valence-corrected chi connectivity index (χ2v) is 4.82. The molecule has 0 spiro atoms. The molecule has 0 saturated heterocycles. The van der Waals surface area contributed by atoms with Crippen LogP contribution in [0.4, 0.5) is 5.69 Å². The third-order valence-electron chi connectivity index (χ3n) is 3.18. The molecular formula is C17H17NO5. The van der Waals surface area contributed by atoms with E-state index in [4.69, 9.17) is 9.47 Å². The van der Waals surface area contributed by atoms with Crippen LogP contribution < -0.4 is 10.1 Å². The van der Waals surface area contributed by atoms with E-state index in [9.17, 15) is 14.7 Å². The van der Waals surface area contributed by atoms with Crippen LogP contribution >= 0.6 is 0 Å². The van der Waals surface area contributed by atoms with E-state index in [0.717, 1.165) is 5.56 Å². The minimum Gasteiger partial charge on any atom is -0.507 e. The summed E-state index contributed by atoms with van der Waals surface area (Å²) in [5.74, 6) is -1.11. The van der Waals surface area contributed by atoms with E-state index in [1.165, 1.54) is 25.3 Å². The second kappa shape index (κ2) is 7.31. The monoisotopic (exact) mass is 315 g/mol. The van der Waals surface area contributed by atoms with E-state index in [1.54, 1.807) is 12.1 Å².